The van der Waals surface area contributed by atoms with Crippen molar-refractivity contribution in [2.24, 2.45) is 14.1 Å². The molecule has 156 valence electrons. The fourth-order valence-corrected chi connectivity index (χ4v) is 3.69. The summed E-state index contributed by atoms with van der Waals surface area (Å²) in [5, 5.41) is 0. The van der Waals surface area contributed by atoms with Crippen molar-refractivity contribution < 1.29 is 17.9 Å². The van der Waals surface area contributed by atoms with Crippen molar-refractivity contribution in [3.63, 3.8) is 0 Å². The molecule has 3 rings (SSSR count). The van der Waals surface area contributed by atoms with E-state index in [2.05, 4.69) is 4.72 Å². The molecule has 30 heavy (non-hydrogen) atoms. The minimum absolute atomic E-state index is 0.0168. The largest absolute Gasteiger partial charge is 0.456 e. The first kappa shape index (κ1) is 21.1. The Morgan fingerprint density at radius 3 is 2.23 bits per heavy atom. The zero-order chi connectivity index (χ0) is 21.9. The van der Waals surface area contributed by atoms with Gasteiger partial charge in [0.25, 0.3) is 15.6 Å². The molecule has 10 heteroatoms. The van der Waals surface area contributed by atoms with Crippen molar-refractivity contribution in [2.75, 3.05) is 4.72 Å². The average Bonchev–Trinajstić information content (AvgIpc) is 2.74. The van der Waals surface area contributed by atoms with Crippen molar-refractivity contribution >= 4 is 21.7 Å². The Hall–Kier alpha value is -3.66. The van der Waals surface area contributed by atoms with Crippen LogP contribution in [0.15, 0.2) is 75.1 Å². The van der Waals surface area contributed by atoms with Gasteiger partial charge in [-0.3, -0.25) is 18.7 Å². The topological polar surface area (TPSA) is 116 Å². The molecule has 1 heterocycles. The van der Waals surface area contributed by atoms with Gasteiger partial charge in [-0.15, -0.1) is 0 Å². The molecule has 1 aromatic heterocycles. The Bertz CT molecular complexity index is 1290. The second-order valence-corrected chi connectivity index (χ2v) is 8.13. The van der Waals surface area contributed by atoms with E-state index in [1.165, 1.54) is 49.0 Å². The van der Waals surface area contributed by atoms with Crippen LogP contribution in [0.5, 0.6) is 0 Å². The fourth-order valence-electron chi connectivity index (χ4n) is 2.63. The van der Waals surface area contributed by atoms with E-state index in [4.69, 9.17) is 4.74 Å². The molecule has 0 saturated carbocycles. The van der Waals surface area contributed by atoms with Crippen LogP contribution in [0.1, 0.15) is 16.1 Å². The number of rotatable bonds is 6. The van der Waals surface area contributed by atoms with Crippen LogP contribution >= 0.6 is 0 Å². The number of carbonyl (C=O) groups is 1. The third-order valence-electron chi connectivity index (χ3n) is 4.40. The Labute approximate surface area is 172 Å². The molecule has 0 atom stereocenters. The van der Waals surface area contributed by atoms with Crippen LogP contribution in [0.4, 0.5) is 5.69 Å². The van der Waals surface area contributed by atoms with Crippen molar-refractivity contribution in [2.45, 2.75) is 11.5 Å². The SMILES string of the molecule is Cn1c(COC(=O)c2ccc(S(=O)(=O)Nc3ccccc3)cc2)cc(=O)n(C)c1=O. The van der Waals surface area contributed by atoms with Crippen LogP contribution in [0, 0.1) is 0 Å². The normalized spacial score (nSPS) is 11.1. The summed E-state index contributed by atoms with van der Waals surface area (Å²) in [7, 11) is -0.995. The van der Waals surface area contributed by atoms with Gasteiger partial charge in [0.05, 0.1) is 16.2 Å². The number of benzene rings is 2. The van der Waals surface area contributed by atoms with Crippen LogP contribution < -0.4 is 16.0 Å². The standard InChI is InChI=1S/C20H19N3O6S/c1-22-16(12-18(24)23(2)20(22)26)13-29-19(25)14-8-10-17(11-9-14)30(27,28)21-15-6-4-3-5-7-15/h3-12,21H,13H2,1-2H3. The minimum atomic E-state index is -3.81. The number of hydrogen-bond acceptors (Lipinski definition) is 6. The predicted octanol–water partition coefficient (Wildman–Crippen LogP) is 1.24. The first-order chi connectivity index (χ1) is 14.2. The van der Waals surface area contributed by atoms with Gasteiger partial charge in [-0.25, -0.2) is 18.0 Å². The number of esters is 1. The third-order valence-corrected chi connectivity index (χ3v) is 5.80. The summed E-state index contributed by atoms with van der Waals surface area (Å²) >= 11 is 0. The lowest BCUT2D eigenvalue weighted by molar-refractivity contribution is 0.0462. The van der Waals surface area contributed by atoms with Crippen molar-refractivity contribution in [1.29, 1.82) is 0 Å². The quantitative estimate of drug-likeness (QED) is 0.590. The molecule has 9 nitrogen and oxygen atoms in total. The first-order valence-electron chi connectivity index (χ1n) is 8.80. The molecule has 0 saturated heterocycles. The van der Waals surface area contributed by atoms with Gasteiger partial charge < -0.3 is 4.74 Å². The molecule has 0 bridgehead atoms. The number of aromatic nitrogens is 2. The summed E-state index contributed by atoms with van der Waals surface area (Å²) in [5.74, 6) is -0.719. The van der Waals surface area contributed by atoms with Crippen molar-refractivity contribution in [3.05, 3.63) is 92.8 Å². The number of nitrogens with zero attached hydrogens (tertiary/aromatic N) is 2. The molecule has 2 aromatic carbocycles. The highest BCUT2D eigenvalue weighted by Crippen LogP contribution is 2.17. The molecule has 1 N–H and O–H groups in total. The first-order valence-corrected chi connectivity index (χ1v) is 10.3. The number of para-hydroxylation sites is 1. The van der Waals surface area contributed by atoms with Crippen LogP contribution in [0.3, 0.4) is 0 Å². The Balaban J connectivity index is 1.71. The number of anilines is 1. The van der Waals surface area contributed by atoms with Crippen LogP contribution in [0.25, 0.3) is 0 Å². The lowest BCUT2D eigenvalue weighted by atomic mass is 10.2. The smallest absolute Gasteiger partial charge is 0.338 e. The van der Waals surface area contributed by atoms with Gasteiger partial charge in [0.1, 0.15) is 6.61 Å². The van der Waals surface area contributed by atoms with Gasteiger partial charge in [0.2, 0.25) is 0 Å². The van der Waals surface area contributed by atoms with E-state index in [-0.39, 0.29) is 22.8 Å². The molecule has 3 aromatic rings. The maximum atomic E-state index is 12.4. The van der Waals surface area contributed by atoms with Gasteiger partial charge in [-0.05, 0) is 36.4 Å². The Morgan fingerprint density at radius 2 is 1.60 bits per heavy atom. The average molecular weight is 429 g/mol. The summed E-state index contributed by atoms with van der Waals surface area (Å²) in [4.78, 5) is 35.9. The molecule has 0 spiro atoms. The number of nitrogens with one attached hydrogen (secondary N) is 1. The van der Waals surface area contributed by atoms with E-state index in [0.29, 0.717) is 5.69 Å². The monoisotopic (exact) mass is 429 g/mol. The number of carbonyl (C=O) groups excluding carboxylic acids is 1. The van der Waals surface area contributed by atoms with Crippen LogP contribution in [-0.2, 0) is 35.5 Å². The van der Waals surface area contributed by atoms with Gasteiger partial charge in [0.15, 0.2) is 0 Å². The molecule has 0 radical (unpaired) electrons. The van der Waals surface area contributed by atoms with E-state index in [1.54, 1.807) is 30.3 Å². The van der Waals surface area contributed by atoms with Gasteiger partial charge in [0, 0.05) is 25.8 Å². The molecule has 0 unspecified atom stereocenters. The van der Waals surface area contributed by atoms with Gasteiger partial charge in [-0.1, -0.05) is 18.2 Å². The molecule has 0 aliphatic carbocycles. The second-order valence-electron chi connectivity index (χ2n) is 6.45. The van der Waals surface area contributed by atoms with E-state index in [9.17, 15) is 22.8 Å². The zero-order valence-electron chi connectivity index (χ0n) is 16.2. The van der Waals surface area contributed by atoms with E-state index >= 15 is 0 Å². The second kappa shape index (κ2) is 8.37. The lowest BCUT2D eigenvalue weighted by Gasteiger charge is -2.11. The number of ether oxygens (including phenoxy) is 1. The molecule has 0 amide bonds. The predicted molar refractivity (Wildman–Crippen MR) is 110 cm³/mol. The number of hydrogen-bond donors (Lipinski definition) is 1. The summed E-state index contributed by atoms with van der Waals surface area (Å²) < 4.78 is 34.6. The summed E-state index contributed by atoms with van der Waals surface area (Å²) in [6, 6.07) is 14.8. The molecular weight excluding hydrogens is 410 g/mol. The molecule has 0 aliphatic heterocycles. The van der Waals surface area contributed by atoms with Crippen molar-refractivity contribution in [1.82, 2.24) is 9.13 Å². The highest BCUT2D eigenvalue weighted by molar-refractivity contribution is 7.92. The maximum absolute atomic E-state index is 12.4. The highest BCUT2D eigenvalue weighted by atomic mass is 32.2. The fraction of sp³-hybridized carbons (Fsp3) is 0.150. The minimum Gasteiger partial charge on any atom is -0.456 e. The Kier molecular flexibility index (Phi) is 5.88. The van der Waals surface area contributed by atoms with Crippen molar-refractivity contribution in [3.8, 4) is 0 Å². The molecule has 0 fully saturated rings. The van der Waals surface area contributed by atoms with Crippen LogP contribution in [0.2, 0.25) is 0 Å². The molecule has 0 aliphatic rings. The third kappa shape index (κ3) is 4.49. The van der Waals surface area contributed by atoms with Crippen LogP contribution in [-0.4, -0.2) is 23.5 Å². The van der Waals surface area contributed by atoms with E-state index in [1.807, 2.05) is 0 Å². The van der Waals surface area contributed by atoms with Gasteiger partial charge in [-0.2, -0.15) is 0 Å². The van der Waals surface area contributed by atoms with Gasteiger partial charge >= 0.3 is 11.7 Å². The van der Waals surface area contributed by atoms with E-state index in [0.717, 1.165) is 4.57 Å². The molecular formula is C20H19N3O6S. The zero-order valence-corrected chi connectivity index (χ0v) is 17.0. The Morgan fingerprint density at radius 1 is 0.967 bits per heavy atom. The lowest BCUT2D eigenvalue weighted by Crippen LogP contribution is -2.38. The summed E-state index contributed by atoms with van der Waals surface area (Å²) in [6.45, 7) is -0.281. The summed E-state index contributed by atoms with van der Waals surface area (Å²) in [6.07, 6.45) is 0. The summed E-state index contributed by atoms with van der Waals surface area (Å²) in [5.41, 5.74) is -0.260. The maximum Gasteiger partial charge on any atom is 0.338 e. The highest BCUT2D eigenvalue weighted by Gasteiger charge is 2.16. The number of sulfonamides is 1. The van der Waals surface area contributed by atoms with E-state index < -0.39 is 27.2 Å².